The van der Waals surface area contributed by atoms with Crippen LogP contribution >= 0.6 is 0 Å². The Kier molecular flexibility index (Phi) is 7.93. The number of para-hydroxylation sites is 3. The zero-order chi connectivity index (χ0) is 37.7. The lowest BCUT2D eigenvalue weighted by Crippen LogP contribution is -2.12. The number of aromatic nitrogens is 1. The van der Waals surface area contributed by atoms with Crippen LogP contribution in [0.15, 0.2) is 224 Å². The van der Waals surface area contributed by atoms with Gasteiger partial charge in [0, 0.05) is 39.3 Å². The minimum absolute atomic E-state index is 0.150. The molecule has 1 aromatic heterocycles. The third-order valence-corrected chi connectivity index (χ3v) is 11.7. The highest BCUT2D eigenvalue weighted by atomic mass is 15.1. The molecule has 1 aliphatic rings. The van der Waals surface area contributed by atoms with Crippen LogP contribution in [0.2, 0.25) is 0 Å². The van der Waals surface area contributed by atoms with Gasteiger partial charge in [0.25, 0.3) is 0 Å². The Bertz CT molecular complexity index is 3050. The van der Waals surface area contributed by atoms with Crippen molar-refractivity contribution in [3.05, 3.63) is 241 Å². The van der Waals surface area contributed by atoms with E-state index in [1.807, 2.05) is 0 Å². The van der Waals surface area contributed by atoms with Crippen molar-refractivity contribution in [1.29, 1.82) is 0 Å². The molecule has 0 radical (unpaired) electrons. The molecule has 0 saturated heterocycles. The highest BCUT2D eigenvalue weighted by Gasteiger charge is 2.31. The molecule has 11 rings (SSSR count). The van der Waals surface area contributed by atoms with E-state index >= 15 is 0 Å². The molecule has 2 heteroatoms. The molecule has 0 amide bonds. The maximum atomic E-state index is 2.45. The maximum Gasteiger partial charge on any atom is 0.0547 e. The second-order valence-electron chi connectivity index (χ2n) is 14.9. The summed E-state index contributed by atoms with van der Waals surface area (Å²) in [6.07, 6.45) is 0. The van der Waals surface area contributed by atoms with Crippen LogP contribution in [0.1, 0.15) is 22.6 Å². The summed E-state index contributed by atoms with van der Waals surface area (Å²) >= 11 is 0. The van der Waals surface area contributed by atoms with Crippen LogP contribution in [0, 0.1) is 0 Å². The number of fused-ring (bicyclic) bond motifs is 6. The van der Waals surface area contributed by atoms with Gasteiger partial charge in [0.2, 0.25) is 0 Å². The fourth-order valence-electron chi connectivity index (χ4n) is 9.11. The van der Waals surface area contributed by atoms with E-state index in [0.29, 0.717) is 0 Å². The maximum absolute atomic E-state index is 2.45. The molecule has 1 atom stereocenters. The molecule has 9 aromatic carbocycles. The fraction of sp³-hybridized carbons (Fsp3) is 0.0182. The molecule has 0 fully saturated rings. The van der Waals surface area contributed by atoms with Crippen molar-refractivity contribution in [1.82, 2.24) is 4.57 Å². The molecule has 1 unspecified atom stereocenters. The summed E-state index contributed by atoms with van der Waals surface area (Å²) in [6, 6.07) is 81.9. The van der Waals surface area contributed by atoms with Crippen LogP contribution < -0.4 is 4.90 Å². The predicted molar refractivity (Wildman–Crippen MR) is 239 cm³/mol. The van der Waals surface area contributed by atoms with Crippen LogP contribution in [0.3, 0.4) is 0 Å². The van der Waals surface area contributed by atoms with Crippen molar-refractivity contribution >= 4 is 38.9 Å². The normalized spacial score (nSPS) is 13.1. The minimum atomic E-state index is 0.150. The Morgan fingerprint density at radius 1 is 0.351 bits per heavy atom. The molecule has 0 N–H and O–H groups in total. The number of rotatable bonds is 7. The molecule has 1 aliphatic carbocycles. The van der Waals surface area contributed by atoms with Crippen molar-refractivity contribution in [3.63, 3.8) is 0 Å². The highest BCUT2D eigenvalue weighted by molar-refractivity contribution is 6.10. The first kappa shape index (κ1) is 33.0. The molecule has 268 valence electrons. The summed E-state index contributed by atoms with van der Waals surface area (Å²) < 4.78 is 2.40. The van der Waals surface area contributed by atoms with E-state index in [-0.39, 0.29) is 5.92 Å². The van der Waals surface area contributed by atoms with Gasteiger partial charge in [-0.15, -0.1) is 0 Å². The van der Waals surface area contributed by atoms with Gasteiger partial charge in [0.15, 0.2) is 0 Å². The molecule has 10 aromatic rings. The predicted octanol–water partition coefficient (Wildman–Crippen LogP) is 14.7. The van der Waals surface area contributed by atoms with E-state index < -0.39 is 0 Å². The summed E-state index contributed by atoms with van der Waals surface area (Å²) in [5.41, 5.74) is 18.3. The first-order chi connectivity index (χ1) is 28.3. The standard InChI is InChI=1S/C55H38N2/c1-4-16-38(17-5-1)39-28-31-43(32-29-39)56(44-33-35-47-46-23-10-11-25-50(46)55(51(47)37-44)40-18-6-2-7-19-40)52-26-14-12-22-45(52)41-30-34-49-48-24-13-15-27-53(48)57(54(49)36-41)42-20-8-3-9-21-42/h1-37,55H. The number of hydrogen-bond donors (Lipinski definition) is 0. The van der Waals surface area contributed by atoms with Crippen molar-refractivity contribution in [2.45, 2.75) is 5.92 Å². The first-order valence-electron chi connectivity index (χ1n) is 19.7. The first-order valence-corrected chi connectivity index (χ1v) is 19.7. The molecule has 0 spiro atoms. The molecule has 0 saturated carbocycles. The van der Waals surface area contributed by atoms with Crippen molar-refractivity contribution in [2.24, 2.45) is 0 Å². The molecular weight excluding hydrogens is 689 g/mol. The zero-order valence-corrected chi connectivity index (χ0v) is 31.3. The third kappa shape index (κ3) is 5.57. The van der Waals surface area contributed by atoms with Gasteiger partial charge in [-0.2, -0.15) is 0 Å². The van der Waals surface area contributed by atoms with Gasteiger partial charge >= 0.3 is 0 Å². The zero-order valence-electron chi connectivity index (χ0n) is 31.3. The SMILES string of the molecule is c1ccc(-c2ccc(N(c3ccc4c(c3)C(c3ccccc3)c3ccccc3-4)c3ccccc3-c3ccc4c5ccccc5n(-c5ccccc5)c4c3)cc2)cc1. The Hall–Kier alpha value is -7.42. The second-order valence-corrected chi connectivity index (χ2v) is 14.9. The van der Waals surface area contributed by atoms with Crippen LogP contribution in [-0.4, -0.2) is 4.57 Å². The van der Waals surface area contributed by atoms with Crippen LogP contribution in [-0.2, 0) is 0 Å². The molecule has 57 heavy (non-hydrogen) atoms. The van der Waals surface area contributed by atoms with Crippen molar-refractivity contribution in [2.75, 3.05) is 4.90 Å². The van der Waals surface area contributed by atoms with Crippen molar-refractivity contribution in [3.8, 4) is 39.1 Å². The lowest BCUT2D eigenvalue weighted by Gasteiger charge is -2.29. The molecule has 0 bridgehead atoms. The smallest absolute Gasteiger partial charge is 0.0547 e. The van der Waals surface area contributed by atoms with Gasteiger partial charge in [0.05, 0.1) is 16.7 Å². The average Bonchev–Trinajstić information content (AvgIpc) is 3.80. The van der Waals surface area contributed by atoms with E-state index in [0.717, 1.165) is 22.7 Å². The lowest BCUT2D eigenvalue weighted by molar-refractivity contribution is 1.01. The van der Waals surface area contributed by atoms with E-state index in [4.69, 9.17) is 0 Å². The largest absolute Gasteiger partial charge is 0.310 e. The van der Waals surface area contributed by atoms with Gasteiger partial charge in [-0.1, -0.05) is 170 Å². The number of nitrogens with zero attached hydrogens (tertiary/aromatic N) is 2. The summed E-state index contributed by atoms with van der Waals surface area (Å²) in [5.74, 6) is 0.150. The number of benzene rings is 9. The number of hydrogen-bond acceptors (Lipinski definition) is 1. The minimum Gasteiger partial charge on any atom is -0.310 e. The van der Waals surface area contributed by atoms with Crippen LogP contribution in [0.4, 0.5) is 17.1 Å². The quantitative estimate of drug-likeness (QED) is 0.159. The van der Waals surface area contributed by atoms with Crippen molar-refractivity contribution < 1.29 is 0 Å². The Morgan fingerprint density at radius 3 is 1.74 bits per heavy atom. The summed E-state index contributed by atoms with van der Waals surface area (Å²) in [7, 11) is 0. The van der Waals surface area contributed by atoms with Gasteiger partial charge in [0.1, 0.15) is 0 Å². The van der Waals surface area contributed by atoms with Crippen LogP contribution in [0.25, 0.3) is 60.9 Å². The van der Waals surface area contributed by atoms with Gasteiger partial charge in [-0.3, -0.25) is 0 Å². The van der Waals surface area contributed by atoms with E-state index in [1.54, 1.807) is 0 Å². The lowest BCUT2D eigenvalue weighted by atomic mass is 9.89. The second kappa shape index (κ2) is 13.7. The highest BCUT2D eigenvalue weighted by Crippen LogP contribution is 2.51. The summed E-state index contributed by atoms with van der Waals surface area (Å²) in [6.45, 7) is 0. The number of anilines is 3. The summed E-state index contributed by atoms with van der Waals surface area (Å²) in [4.78, 5) is 2.45. The van der Waals surface area contributed by atoms with E-state index in [2.05, 4.69) is 234 Å². The molecule has 0 aliphatic heterocycles. The Labute approximate surface area is 333 Å². The van der Waals surface area contributed by atoms with E-state index in [9.17, 15) is 0 Å². The molecular formula is C55H38N2. The van der Waals surface area contributed by atoms with Crippen LogP contribution in [0.5, 0.6) is 0 Å². The topological polar surface area (TPSA) is 8.17 Å². The Morgan fingerprint density at radius 2 is 0.930 bits per heavy atom. The van der Waals surface area contributed by atoms with E-state index in [1.165, 1.54) is 71.9 Å². The van der Waals surface area contributed by atoms with Gasteiger partial charge in [-0.25, -0.2) is 0 Å². The van der Waals surface area contributed by atoms with Gasteiger partial charge in [-0.05, 0) is 99.1 Å². The Balaban J connectivity index is 1.12. The monoisotopic (exact) mass is 726 g/mol. The fourth-order valence-corrected chi connectivity index (χ4v) is 9.11. The average molecular weight is 727 g/mol. The van der Waals surface area contributed by atoms with Gasteiger partial charge < -0.3 is 9.47 Å². The molecule has 1 heterocycles. The third-order valence-electron chi connectivity index (χ3n) is 11.7. The summed E-state index contributed by atoms with van der Waals surface area (Å²) in [5, 5.41) is 2.50. The molecule has 2 nitrogen and oxygen atoms in total.